The van der Waals surface area contributed by atoms with Crippen molar-refractivity contribution in [3.05, 3.63) is 29.1 Å². The molecule has 0 aromatic carbocycles. The van der Waals surface area contributed by atoms with Gasteiger partial charge in [-0.15, -0.1) is 0 Å². The number of aromatic carboxylic acids is 1. The molecule has 0 aliphatic carbocycles. The van der Waals surface area contributed by atoms with Crippen molar-refractivity contribution in [2.75, 3.05) is 13.1 Å². The lowest BCUT2D eigenvalue weighted by molar-refractivity contribution is 0.0690. The van der Waals surface area contributed by atoms with Gasteiger partial charge in [0.2, 0.25) is 0 Å². The van der Waals surface area contributed by atoms with E-state index in [0.29, 0.717) is 30.4 Å². The zero-order valence-corrected chi connectivity index (χ0v) is 12.5. The third kappa shape index (κ3) is 3.79. The quantitative estimate of drug-likeness (QED) is 0.868. The van der Waals surface area contributed by atoms with Crippen molar-refractivity contribution in [1.82, 2.24) is 9.88 Å². The number of amides is 1. The smallest absolute Gasteiger partial charge is 0.337 e. The number of carbonyl (C=O) groups excluding carboxylic acids is 1. The van der Waals surface area contributed by atoms with Crippen LogP contribution in [0.4, 0.5) is 0 Å². The van der Waals surface area contributed by atoms with Crippen molar-refractivity contribution in [2.24, 2.45) is 5.92 Å². The van der Waals surface area contributed by atoms with E-state index < -0.39 is 5.97 Å². The molecule has 0 saturated carbocycles. The van der Waals surface area contributed by atoms with Gasteiger partial charge in [-0.3, -0.25) is 4.79 Å². The van der Waals surface area contributed by atoms with E-state index in [1.807, 2.05) is 6.92 Å². The fourth-order valence-corrected chi connectivity index (χ4v) is 1.93. The molecule has 1 atom stereocenters. The summed E-state index contributed by atoms with van der Waals surface area (Å²) in [4.78, 5) is 29.2. The molecular weight excluding hydrogens is 256 g/mol. The molecule has 0 aliphatic heterocycles. The monoisotopic (exact) mass is 278 g/mol. The highest BCUT2D eigenvalue weighted by molar-refractivity contribution is 5.94. The second-order valence-corrected chi connectivity index (χ2v) is 4.99. The van der Waals surface area contributed by atoms with Crippen molar-refractivity contribution in [3.8, 4) is 0 Å². The van der Waals surface area contributed by atoms with Gasteiger partial charge in [0.05, 0.1) is 11.3 Å². The Kier molecular flexibility index (Phi) is 5.67. The summed E-state index contributed by atoms with van der Waals surface area (Å²) in [6.45, 7) is 9.02. The minimum absolute atomic E-state index is 0.131. The Morgan fingerprint density at radius 2 is 2.00 bits per heavy atom. The van der Waals surface area contributed by atoms with Crippen LogP contribution in [0.25, 0.3) is 0 Å². The van der Waals surface area contributed by atoms with Gasteiger partial charge in [0.25, 0.3) is 5.91 Å². The highest BCUT2D eigenvalue weighted by Gasteiger charge is 2.19. The maximum atomic E-state index is 12.4. The first kappa shape index (κ1) is 16.1. The predicted molar refractivity (Wildman–Crippen MR) is 77.0 cm³/mol. The van der Waals surface area contributed by atoms with Crippen molar-refractivity contribution in [1.29, 1.82) is 0 Å². The van der Waals surface area contributed by atoms with E-state index in [1.165, 1.54) is 12.1 Å². The maximum absolute atomic E-state index is 12.4. The van der Waals surface area contributed by atoms with Crippen LogP contribution in [0.2, 0.25) is 0 Å². The van der Waals surface area contributed by atoms with Crippen LogP contribution in [-0.2, 0) is 0 Å². The molecule has 0 bridgehead atoms. The first-order valence-electron chi connectivity index (χ1n) is 6.90. The SMILES string of the molecule is CCC(C)CN(CC)C(=O)c1ccc(C(=O)O)c(C)n1. The van der Waals surface area contributed by atoms with Gasteiger partial charge in [0.15, 0.2) is 0 Å². The van der Waals surface area contributed by atoms with Gasteiger partial charge < -0.3 is 10.0 Å². The summed E-state index contributed by atoms with van der Waals surface area (Å²) in [5, 5.41) is 8.97. The number of carbonyl (C=O) groups is 2. The number of nitrogens with zero attached hydrogens (tertiary/aromatic N) is 2. The largest absolute Gasteiger partial charge is 0.478 e. The summed E-state index contributed by atoms with van der Waals surface area (Å²) >= 11 is 0. The zero-order valence-electron chi connectivity index (χ0n) is 12.5. The third-order valence-corrected chi connectivity index (χ3v) is 3.43. The lowest BCUT2D eigenvalue weighted by Crippen LogP contribution is -2.35. The molecule has 1 aromatic heterocycles. The van der Waals surface area contributed by atoms with Gasteiger partial charge in [-0.25, -0.2) is 9.78 Å². The van der Waals surface area contributed by atoms with Gasteiger partial charge in [0, 0.05) is 13.1 Å². The van der Waals surface area contributed by atoms with E-state index in [1.54, 1.807) is 11.8 Å². The molecule has 0 fully saturated rings. The minimum Gasteiger partial charge on any atom is -0.478 e. The topological polar surface area (TPSA) is 70.5 Å². The number of aryl methyl sites for hydroxylation is 1. The Labute approximate surface area is 119 Å². The molecule has 0 aliphatic rings. The summed E-state index contributed by atoms with van der Waals surface area (Å²) in [5.74, 6) is -0.743. The molecule has 1 amide bonds. The molecule has 5 heteroatoms. The Balaban J connectivity index is 2.95. The molecule has 0 radical (unpaired) electrons. The van der Waals surface area contributed by atoms with Crippen LogP contribution >= 0.6 is 0 Å². The average molecular weight is 278 g/mol. The molecule has 1 aromatic rings. The normalized spacial score (nSPS) is 12.0. The van der Waals surface area contributed by atoms with Crippen molar-refractivity contribution in [3.63, 3.8) is 0 Å². The van der Waals surface area contributed by atoms with Gasteiger partial charge in [-0.1, -0.05) is 20.3 Å². The van der Waals surface area contributed by atoms with E-state index in [-0.39, 0.29) is 11.5 Å². The first-order chi connectivity index (χ1) is 9.40. The molecule has 5 nitrogen and oxygen atoms in total. The second kappa shape index (κ2) is 7.03. The van der Waals surface area contributed by atoms with Crippen LogP contribution in [0, 0.1) is 12.8 Å². The first-order valence-corrected chi connectivity index (χ1v) is 6.90. The van der Waals surface area contributed by atoms with Crippen LogP contribution in [0.15, 0.2) is 12.1 Å². The van der Waals surface area contributed by atoms with Crippen LogP contribution < -0.4 is 0 Å². The Hall–Kier alpha value is -1.91. The van der Waals surface area contributed by atoms with E-state index in [0.717, 1.165) is 6.42 Å². The zero-order chi connectivity index (χ0) is 15.3. The Morgan fingerprint density at radius 1 is 1.35 bits per heavy atom. The fourth-order valence-electron chi connectivity index (χ4n) is 1.93. The number of rotatable bonds is 6. The number of hydrogen-bond donors (Lipinski definition) is 1. The van der Waals surface area contributed by atoms with Crippen LogP contribution in [-0.4, -0.2) is 40.0 Å². The van der Waals surface area contributed by atoms with Crippen LogP contribution in [0.1, 0.15) is 53.7 Å². The number of hydrogen-bond acceptors (Lipinski definition) is 3. The molecule has 1 heterocycles. The van der Waals surface area contributed by atoms with E-state index in [2.05, 4.69) is 18.8 Å². The number of aromatic nitrogens is 1. The summed E-state index contributed by atoms with van der Waals surface area (Å²) < 4.78 is 0. The summed E-state index contributed by atoms with van der Waals surface area (Å²) in [6.07, 6.45) is 1.01. The van der Waals surface area contributed by atoms with Crippen molar-refractivity contribution >= 4 is 11.9 Å². The standard InChI is InChI=1S/C15H22N2O3/c1-5-10(3)9-17(6-2)14(18)13-8-7-12(15(19)20)11(4)16-13/h7-8,10H,5-6,9H2,1-4H3,(H,19,20). The molecule has 1 rings (SSSR count). The van der Waals surface area contributed by atoms with E-state index >= 15 is 0 Å². The number of carboxylic acids is 1. The van der Waals surface area contributed by atoms with Gasteiger partial charge in [-0.2, -0.15) is 0 Å². The highest BCUT2D eigenvalue weighted by atomic mass is 16.4. The minimum atomic E-state index is -1.03. The Morgan fingerprint density at radius 3 is 2.45 bits per heavy atom. The second-order valence-electron chi connectivity index (χ2n) is 4.99. The van der Waals surface area contributed by atoms with Gasteiger partial charge in [0.1, 0.15) is 5.69 Å². The number of pyridine rings is 1. The predicted octanol–water partition coefficient (Wildman–Crippen LogP) is 2.60. The molecule has 0 spiro atoms. The van der Waals surface area contributed by atoms with Crippen molar-refractivity contribution < 1.29 is 14.7 Å². The molecule has 0 saturated heterocycles. The summed E-state index contributed by atoms with van der Waals surface area (Å²) in [6, 6.07) is 2.92. The van der Waals surface area contributed by atoms with Gasteiger partial charge in [-0.05, 0) is 31.9 Å². The van der Waals surface area contributed by atoms with Crippen LogP contribution in [0.3, 0.4) is 0 Å². The lowest BCUT2D eigenvalue weighted by Gasteiger charge is -2.23. The molecular formula is C15H22N2O3. The fraction of sp³-hybridized carbons (Fsp3) is 0.533. The maximum Gasteiger partial charge on any atom is 0.337 e. The van der Waals surface area contributed by atoms with Crippen LogP contribution in [0.5, 0.6) is 0 Å². The third-order valence-electron chi connectivity index (χ3n) is 3.43. The average Bonchev–Trinajstić information content (AvgIpc) is 2.43. The summed E-state index contributed by atoms with van der Waals surface area (Å²) in [7, 11) is 0. The molecule has 110 valence electrons. The van der Waals surface area contributed by atoms with E-state index in [4.69, 9.17) is 5.11 Å². The Bertz CT molecular complexity index is 500. The van der Waals surface area contributed by atoms with E-state index in [9.17, 15) is 9.59 Å². The van der Waals surface area contributed by atoms with Crippen molar-refractivity contribution in [2.45, 2.75) is 34.1 Å². The highest BCUT2D eigenvalue weighted by Crippen LogP contribution is 2.11. The molecule has 1 N–H and O–H groups in total. The summed E-state index contributed by atoms with van der Waals surface area (Å²) in [5.41, 5.74) is 0.798. The number of carboxylic acid groups (broad SMARTS) is 1. The lowest BCUT2D eigenvalue weighted by atomic mass is 10.1. The molecule has 20 heavy (non-hydrogen) atoms. The van der Waals surface area contributed by atoms with Gasteiger partial charge >= 0.3 is 5.97 Å². The molecule has 1 unspecified atom stereocenters.